The zero-order valence-electron chi connectivity index (χ0n) is 8.06. The second kappa shape index (κ2) is 3.70. The zero-order chi connectivity index (χ0) is 10.1. The highest BCUT2D eigenvalue weighted by molar-refractivity contribution is 7.71. The Morgan fingerprint density at radius 3 is 3.14 bits per heavy atom. The van der Waals surface area contributed by atoms with Gasteiger partial charge < -0.3 is 10.6 Å². The van der Waals surface area contributed by atoms with E-state index in [4.69, 9.17) is 22.8 Å². The molecule has 6 heteroatoms. The van der Waals surface area contributed by atoms with Crippen molar-refractivity contribution in [2.75, 3.05) is 12.4 Å². The Morgan fingerprint density at radius 1 is 1.79 bits per heavy atom. The van der Waals surface area contributed by atoms with E-state index in [1.165, 1.54) is 4.68 Å². The summed E-state index contributed by atoms with van der Waals surface area (Å²) in [5.41, 5.74) is 0. The molecular weight excluding hydrogens is 200 g/mol. The van der Waals surface area contributed by atoms with E-state index in [-0.39, 0.29) is 12.0 Å². The van der Waals surface area contributed by atoms with Gasteiger partial charge in [-0.1, -0.05) is 6.92 Å². The van der Waals surface area contributed by atoms with Crippen molar-refractivity contribution in [1.29, 1.82) is 0 Å². The third kappa shape index (κ3) is 1.44. The fraction of sp³-hybridized carbons (Fsp3) is 0.750. The predicted octanol–water partition coefficient (Wildman–Crippen LogP) is 0.937. The summed E-state index contributed by atoms with van der Waals surface area (Å²) >= 11 is 4.96. The first-order chi connectivity index (χ1) is 6.74. The van der Waals surface area contributed by atoms with Gasteiger partial charge in [0.1, 0.15) is 0 Å². The molecule has 1 saturated heterocycles. The molecule has 1 aliphatic rings. The molecule has 1 aromatic heterocycles. The summed E-state index contributed by atoms with van der Waals surface area (Å²) in [7, 11) is 0. The Labute approximate surface area is 87.2 Å². The van der Waals surface area contributed by atoms with Gasteiger partial charge in [-0.2, -0.15) is 5.10 Å². The Bertz CT molecular complexity index is 372. The van der Waals surface area contributed by atoms with Crippen LogP contribution in [0.5, 0.6) is 0 Å². The molecule has 2 atom stereocenters. The van der Waals surface area contributed by atoms with Crippen LogP contribution in [0.1, 0.15) is 31.5 Å². The van der Waals surface area contributed by atoms with Crippen LogP contribution >= 0.6 is 12.2 Å². The van der Waals surface area contributed by atoms with Gasteiger partial charge in [-0.3, -0.25) is 5.10 Å². The topological polar surface area (TPSA) is 68.9 Å². The highest BCUT2D eigenvalue weighted by Crippen LogP contribution is 2.31. The molecule has 2 unspecified atom stereocenters. The molecular formula is C8H14N4OS. The van der Waals surface area contributed by atoms with Crippen LogP contribution in [0, 0.1) is 4.77 Å². The highest BCUT2D eigenvalue weighted by atomic mass is 32.1. The van der Waals surface area contributed by atoms with Crippen molar-refractivity contribution >= 4 is 12.2 Å². The van der Waals surface area contributed by atoms with Gasteiger partial charge in [0.2, 0.25) is 4.77 Å². The van der Waals surface area contributed by atoms with E-state index in [1.54, 1.807) is 0 Å². The van der Waals surface area contributed by atoms with E-state index in [2.05, 4.69) is 17.1 Å². The second-order valence-corrected chi connectivity index (χ2v) is 3.86. The van der Waals surface area contributed by atoms with E-state index in [1.807, 2.05) is 0 Å². The summed E-state index contributed by atoms with van der Waals surface area (Å²) in [6.45, 7) is 2.88. The third-order valence-corrected chi connectivity index (χ3v) is 2.96. The minimum absolute atomic E-state index is 0.225. The monoisotopic (exact) mass is 214 g/mol. The van der Waals surface area contributed by atoms with Crippen LogP contribution < -0.4 is 5.84 Å². The lowest BCUT2D eigenvalue weighted by molar-refractivity contribution is 0.0990. The number of ether oxygens (including phenoxy) is 1. The molecule has 0 aliphatic carbocycles. The Morgan fingerprint density at radius 2 is 2.57 bits per heavy atom. The molecule has 1 aromatic rings. The number of aromatic nitrogens is 3. The lowest BCUT2D eigenvalue weighted by Crippen LogP contribution is -2.21. The van der Waals surface area contributed by atoms with Crippen LogP contribution in [0.3, 0.4) is 0 Å². The van der Waals surface area contributed by atoms with Gasteiger partial charge in [-0.15, -0.1) is 0 Å². The first-order valence-electron chi connectivity index (χ1n) is 4.78. The van der Waals surface area contributed by atoms with Crippen LogP contribution in [0.15, 0.2) is 0 Å². The second-order valence-electron chi connectivity index (χ2n) is 3.47. The largest absolute Gasteiger partial charge is 0.377 e. The lowest BCUT2D eigenvalue weighted by Gasteiger charge is -2.14. The van der Waals surface area contributed by atoms with Crippen molar-refractivity contribution in [2.24, 2.45) is 0 Å². The molecule has 1 aliphatic heterocycles. The molecule has 2 heterocycles. The molecule has 2 rings (SSSR count). The summed E-state index contributed by atoms with van der Waals surface area (Å²) in [6, 6.07) is 0. The van der Waals surface area contributed by atoms with Crippen LogP contribution in [0.2, 0.25) is 0 Å². The summed E-state index contributed by atoms with van der Waals surface area (Å²) in [5.74, 6) is 6.84. The fourth-order valence-corrected chi connectivity index (χ4v) is 2.06. The zero-order valence-corrected chi connectivity index (χ0v) is 8.88. The average molecular weight is 214 g/mol. The predicted molar refractivity (Wildman–Crippen MR) is 55.0 cm³/mol. The Kier molecular flexibility index (Phi) is 2.56. The SMILES string of the molecule is CCC1OCCC1c1n[nH]c(=S)n1N. The van der Waals surface area contributed by atoms with E-state index in [0.29, 0.717) is 4.77 Å². The smallest absolute Gasteiger partial charge is 0.214 e. The molecule has 0 radical (unpaired) electrons. The molecule has 1 fully saturated rings. The van der Waals surface area contributed by atoms with Crippen LogP contribution in [-0.4, -0.2) is 27.6 Å². The summed E-state index contributed by atoms with van der Waals surface area (Å²) in [4.78, 5) is 0. The van der Waals surface area contributed by atoms with E-state index >= 15 is 0 Å². The van der Waals surface area contributed by atoms with E-state index in [0.717, 1.165) is 25.3 Å². The normalized spacial score (nSPS) is 26.9. The number of aromatic amines is 1. The average Bonchev–Trinajstić information content (AvgIpc) is 2.75. The molecule has 0 saturated carbocycles. The van der Waals surface area contributed by atoms with Crippen molar-refractivity contribution in [3.05, 3.63) is 10.6 Å². The van der Waals surface area contributed by atoms with Gasteiger partial charge in [0.05, 0.1) is 6.10 Å². The number of nitrogens with one attached hydrogen (secondary N) is 1. The van der Waals surface area contributed by atoms with Crippen molar-refractivity contribution < 1.29 is 4.74 Å². The minimum atomic E-state index is 0.225. The van der Waals surface area contributed by atoms with E-state index in [9.17, 15) is 0 Å². The van der Waals surface area contributed by atoms with Gasteiger partial charge in [-0.25, -0.2) is 4.68 Å². The molecule has 78 valence electrons. The molecule has 0 spiro atoms. The molecule has 0 amide bonds. The number of hydrogen-bond donors (Lipinski definition) is 2. The van der Waals surface area contributed by atoms with Crippen molar-refractivity contribution in [2.45, 2.75) is 31.8 Å². The van der Waals surface area contributed by atoms with E-state index < -0.39 is 0 Å². The lowest BCUT2D eigenvalue weighted by atomic mass is 9.99. The number of rotatable bonds is 2. The molecule has 0 aromatic carbocycles. The van der Waals surface area contributed by atoms with Gasteiger partial charge >= 0.3 is 0 Å². The van der Waals surface area contributed by atoms with Gasteiger partial charge in [0.15, 0.2) is 5.82 Å². The van der Waals surface area contributed by atoms with Crippen LogP contribution in [-0.2, 0) is 4.74 Å². The molecule has 5 nitrogen and oxygen atoms in total. The maximum Gasteiger partial charge on any atom is 0.214 e. The first kappa shape index (κ1) is 9.67. The number of hydrogen-bond acceptors (Lipinski definition) is 4. The number of nitrogen functional groups attached to an aromatic ring is 1. The van der Waals surface area contributed by atoms with Crippen molar-refractivity contribution in [1.82, 2.24) is 14.9 Å². The number of H-pyrrole nitrogens is 1. The van der Waals surface area contributed by atoms with Gasteiger partial charge in [-0.05, 0) is 25.1 Å². The fourth-order valence-electron chi connectivity index (χ4n) is 1.92. The maximum atomic E-state index is 5.76. The standard InChI is InChI=1S/C8H14N4OS/c1-2-6-5(3-4-13-6)7-10-11-8(14)12(7)9/h5-6H,2-4,9H2,1H3,(H,11,14). The molecule has 0 bridgehead atoms. The Balaban J connectivity index is 2.30. The number of nitrogens with two attached hydrogens (primary N) is 1. The highest BCUT2D eigenvalue weighted by Gasteiger charge is 2.31. The summed E-state index contributed by atoms with van der Waals surface area (Å²) in [5, 5.41) is 6.83. The number of nitrogens with zero attached hydrogens (tertiary/aromatic N) is 2. The van der Waals surface area contributed by atoms with Crippen LogP contribution in [0.25, 0.3) is 0 Å². The third-order valence-electron chi connectivity index (χ3n) is 2.68. The van der Waals surface area contributed by atoms with Crippen LogP contribution in [0.4, 0.5) is 0 Å². The van der Waals surface area contributed by atoms with Gasteiger partial charge in [0.25, 0.3) is 0 Å². The quantitative estimate of drug-likeness (QED) is 0.568. The minimum Gasteiger partial charge on any atom is -0.377 e. The van der Waals surface area contributed by atoms with Crippen molar-refractivity contribution in [3.8, 4) is 0 Å². The summed E-state index contributed by atoms with van der Waals surface area (Å²) in [6.07, 6.45) is 2.17. The Hall–Kier alpha value is -0.880. The maximum absolute atomic E-state index is 5.76. The van der Waals surface area contributed by atoms with Gasteiger partial charge in [0, 0.05) is 12.5 Å². The first-order valence-corrected chi connectivity index (χ1v) is 5.18. The molecule has 14 heavy (non-hydrogen) atoms. The molecule has 3 N–H and O–H groups in total. The van der Waals surface area contributed by atoms with Crippen molar-refractivity contribution in [3.63, 3.8) is 0 Å². The summed E-state index contributed by atoms with van der Waals surface area (Å²) < 4.78 is 7.48.